The maximum atomic E-state index is 12.0. The van der Waals surface area contributed by atoms with Crippen LogP contribution >= 0.6 is 0 Å². The molecule has 1 aliphatic heterocycles. The van der Waals surface area contributed by atoms with Gasteiger partial charge in [0.15, 0.2) is 0 Å². The summed E-state index contributed by atoms with van der Waals surface area (Å²) < 4.78 is 0. The van der Waals surface area contributed by atoms with Crippen molar-refractivity contribution in [3.8, 4) is 0 Å². The van der Waals surface area contributed by atoms with Gasteiger partial charge >= 0.3 is 0 Å². The molecule has 1 saturated heterocycles. The lowest BCUT2D eigenvalue weighted by molar-refractivity contribution is -0.127. The van der Waals surface area contributed by atoms with Gasteiger partial charge in [-0.15, -0.1) is 0 Å². The van der Waals surface area contributed by atoms with Gasteiger partial charge in [0, 0.05) is 13.1 Å². The third-order valence-electron chi connectivity index (χ3n) is 4.79. The Balaban J connectivity index is 1.76. The van der Waals surface area contributed by atoms with Crippen molar-refractivity contribution in [3.63, 3.8) is 0 Å². The molecule has 1 saturated carbocycles. The lowest BCUT2D eigenvalue weighted by atomic mass is 9.71. The largest absolute Gasteiger partial charge is 0.388 e. The number of amides is 1. The van der Waals surface area contributed by atoms with Crippen LogP contribution in [0.5, 0.6) is 0 Å². The van der Waals surface area contributed by atoms with E-state index >= 15 is 0 Å². The van der Waals surface area contributed by atoms with Gasteiger partial charge < -0.3 is 15.7 Å². The average molecular weight is 268 g/mol. The normalized spacial score (nSPS) is 29.7. The van der Waals surface area contributed by atoms with Crippen LogP contribution in [0.3, 0.4) is 0 Å². The van der Waals surface area contributed by atoms with Crippen LogP contribution in [0.1, 0.15) is 52.4 Å². The van der Waals surface area contributed by atoms with Crippen molar-refractivity contribution in [3.05, 3.63) is 0 Å². The molecule has 0 bridgehead atoms. The number of hydrogen-bond donors (Lipinski definition) is 3. The van der Waals surface area contributed by atoms with Crippen LogP contribution in [0.2, 0.25) is 0 Å². The van der Waals surface area contributed by atoms with E-state index in [1.54, 1.807) is 0 Å². The highest BCUT2D eigenvalue weighted by atomic mass is 16.3. The predicted octanol–water partition coefficient (Wildman–Crippen LogP) is 1.43. The molecule has 0 radical (unpaired) electrons. The molecular weight excluding hydrogens is 240 g/mol. The van der Waals surface area contributed by atoms with Crippen LogP contribution in [0, 0.1) is 11.3 Å². The first-order chi connectivity index (χ1) is 8.90. The molecule has 0 aromatic heterocycles. The Bertz CT molecular complexity index is 312. The Morgan fingerprint density at radius 3 is 2.58 bits per heavy atom. The third kappa shape index (κ3) is 4.18. The van der Waals surface area contributed by atoms with E-state index in [0.29, 0.717) is 12.0 Å². The highest BCUT2D eigenvalue weighted by Gasteiger charge is 2.37. The monoisotopic (exact) mass is 268 g/mol. The highest BCUT2D eigenvalue weighted by Crippen LogP contribution is 2.39. The molecule has 2 aliphatic rings. The zero-order valence-corrected chi connectivity index (χ0v) is 12.3. The summed E-state index contributed by atoms with van der Waals surface area (Å²) in [6, 6.07) is 0. The van der Waals surface area contributed by atoms with Crippen molar-refractivity contribution in [1.82, 2.24) is 10.6 Å². The molecule has 0 aromatic carbocycles. The van der Waals surface area contributed by atoms with E-state index in [4.69, 9.17) is 0 Å². The number of piperidine rings is 1. The van der Waals surface area contributed by atoms with Gasteiger partial charge in [-0.25, -0.2) is 0 Å². The Morgan fingerprint density at radius 1 is 1.32 bits per heavy atom. The first-order valence-electron chi connectivity index (χ1n) is 7.61. The number of nitrogens with one attached hydrogen (secondary N) is 2. The van der Waals surface area contributed by atoms with Gasteiger partial charge in [-0.1, -0.05) is 13.8 Å². The molecule has 4 heteroatoms. The van der Waals surface area contributed by atoms with E-state index in [9.17, 15) is 9.90 Å². The molecule has 0 spiro atoms. The van der Waals surface area contributed by atoms with Gasteiger partial charge in [-0.2, -0.15) is 0 Å². The maximum absolute atomic E-state index is 12.0. The molecular formula is C15H28N2O2. The van der Waals surface area contributed by atoms with E-state index in [1.165, 1.54) is 0 Å². The lowest BCUT2D eigenvalue weighted by Crippen LogP contribution is -2.49. The van der Waals surface area contributed by atoms with E-state index in [1.807, 2.05) is 0 Å². The fourth-order valence-electron chi connectivity index (χ4n) is 3.04. The van der Waals surface area contributed by atoms with Crippen molar-refractivity contribution >= 4 is 5.91 Å². The SMILES string of the molecule is CC1(C)CCC(O)(CNC(=O)C2CCCNC2)CC1. The van der Waals surface area contributed by atoms with Crippen molar-refractivity contribution < 1.29 is 9.90 Å². The molecule has 1 amide bonds. The van der Waals surface area contributed by atoms with Crippen LogP contribution < -0.4 is 10.6 Å². The molecule has 110 valence electrons. The number of carbonyl (C=O) groups excluding carboxylic acids is 1. The molecule has 2 rings (SSSR count). The van der Waals surface area contributed by atoms with Gasteiger partial charge in [-0.3, -0.25) is 4.79 Å². The first-order valence-corrected chi connectivity index (χ1v) is 7.61. The Kier molecular flexibility index (Phi) is 4.51. The third-order valence-corrected chi connectivity index (χ3v) is 4.79. The van der Waals surface area contributed by atoms with Crippen molar-refractivity contribution in [2.24, 2.45) is 11.3 Å². The topological polar surface area (TPSA) is 61.4 Å². The summed E-state index contributed by atoms with van der Waals surface area (Å²) in [5, 5.41) is 16.7. The number of aliphatic hydroxyl groups is 1. The summed E-state index contributed by atoms with van der Waals surface area (Å²) in [5.74, 6) is 0.183. The minimum atomic E-state index is -0.687. The summed E-state index contributed by atoms with van der Waals surface area (Å²) >= 11 is 0. The zero-order valence-electron chi connectivity index (χ0n) is 12.3. The van der Waals surface area contributed by atoms with Crippen LogP contribution in [-0.4, -0.2) is 36.2 Å². The smallest absolute Gasteiger partial charge is 0.224 e. The lowest BCUT2D eigenvalue weighted by Gasteiger charge is -2.40. The number of carbonyl (C=O) groups is 1. The van der Waals surface area contributed by atoms with Gasteiger partial charge in [0.1, 0.15) is 0 Å². The van der Waals surface area contributed by atoms with Gasteiger partial charge in [0.25, 0.3) is 0 Å². The summed E-state index contributed by atoms with van der Waals surface area (Å²) in [6.45, 7) is 6.70. The Hall–Kier alpha value is -0.610. The van der Waals surface area contributed by atoms with E-state index in [-0.39, 0.29) is 11.8 Å². The zero-order chi connectivity index (χ0) is 13.9. The summed E-state index contributed by atoms with van der Waals surface area (Å²) in [7, 11) is 0. The van der Waals surface area contributed by atoms with Crippen LogP contribution in [0.25, 0.3) is 0 Å². The standard InChI is InChI=1S/C15H28N2O2/c1-14(2)5-7-15(19,8-6-14)11-17-13(18)12-4-3-9-16-10-12/h12,16,19H,3-11H2,1-2H3,(H,17,18). The van der Waals surface area contributed by atoms with E-state index < -0.39 is 5.60 Å². The molecule has 1 unspecified atom stereocenters. The Morgan fingerprint density at radius 2 is 2.00 bits per heavy atom. The number of hydrogen-bond acceptors (Lipinski definition) is 3. The average Bonchev–Trinajstić information content (AvgIpc) is 2.41. The van der Waals surface area contributed by atoms with Crippen molar-refractivity contribution in [1.29, 1.82) is 0 Å². The second kappa shape index (κ2) is 5.80. The molecule has 19 heavy (non-hydrogen) atoms. The second-order valence-electron chi connectivity index (χ2n) is 7.15. The van der Waals surface area contributed by atoms with Gasteiger partial charge in [0.05, 0.1) is 11.5 Å². The summed E-state index contributed by atoms with van der Waals surface area (Å²) in [6.07, 6.45) is 5.68. The van der Waals surface area contributed by atoms with Crippen LogP contribution in [-0.2, 0) is 4.79 Å². The molecule has 1 aliphatic carbocycles. The maximum Gasteiger partial charge on any atom is 0.224 e. The molecule has 1 heterocycles. The second-order valence-corrected chi connectivity index (χ2v) is 7.15. The first kappa shape index (κ1) is 14.8. The highest BCUT2D eigenvalue weighted by molar-refractivity contribution is 5.79. The quantitative estimate of drug-likeness (QED) is 0.726. The van der Waals surface area contributed by atoms with E-state index in [2.05, 4.69) is 24.5 Å². The minimum absolute atomic E-state index is 0.0809. The molecule has 1 atom stereocenters. The molecule has 3 N–H and O–H groups in total. The molecule has 2 fully saturated rings. The van der Waals surface area contributed by atoms with Gasteiger partial charge in [0.2, 0.25) is 5.91 Å². The minimum Gasteiger partial charge on any atom is -0.388 e. The van der Waals surface area contributed by atoms with Gasteiger partial charge in [-0.05, 0) is 50.5 Å². The Labute approximate surface area is 116 Å². The summed E-state index contributed by atoms with van der Waals surface area (Å²) in [5.41, 5.74) is -0.350. The van der Waals surface area contributed by atoms with Crippen molar-refractivity contribution in [2.45, 2.75) is 58.0 Å². The fourth-order valence-corrected chi connectivity index (χ4v) is 3.04. The van der Waals surface area contributed by atoms with E-state index in [0.717, 1.165) is 51.6 Å². The summed E-state index contributed by atoms with van der Waals surface area (Å²) in [4.78, 5) is 12.0. The van der Waals surface area contributed by atoms with Crippen LogP contribution in [0.15, 0.2) is 0 Å². The van der Waals surface area contributed by atoms with Crippen LogP contribution in [0.4, 0.5) is 0 Å². The molecule has 0 aromatic rings. The molecule has 4 nitrogen and oxygen atoms in total. The van der Waals surface area contributed by atoms with Crippen molar-refractivity contribution in [2.75, 3.05) is 19.6 Å². The number of rotatable bonds is 3. The predicted molar refractivity (Wildman–Crippen MR) is 75.8 cm³/mol. The fraction of sp³-hybridized carbons (Fsp3) is 0.933.